The van der Waals surface area contributed by atoms with Crippen LogP contribution in [0.3, 0.4) is 0 Å². The molecule has 4 heteroatoms. The number of hydrogen-bond acceptors (Lipinski definition) is 3. The Balaban J connectivity index is 2.00. The quantitative estimate of drug-likeness (QED) is 0.850. The molecule has 1 N–H and O–H groups in total. The van der Waals surface area contributed by atoms with E-state index in [1.165, 1.54) is 5.69 Å². The first kappa shape index (κ1) is 10.7. The predicted molar refractivity (Wildman–Crippen MR) is 64.5 cm³/mol. The van der Waals surface area contributed by atoms with Gasteiger partial charge in [-0.15, -0.1) is 0 Å². The van der Waals surface area contributed by atoms with Crippen molar-refractivity contribution in [3.05, 3.63) is 42.2 Å². The van der Waals surface area contributed by atoms with Crippen molar-refractivity contribution >= 4 is 5.69 Å². The maximum atomic E-state index is 4.10. The smallest absolute Gasteiger partial charge is 0.0870 e. The molecule has 1 heterocycles. The maximum absolute atomic E-state index is 4.10. The van der Waals surface area contributed by atoms with Gasteiger partial charge >= 0.3 is 0 Å². The first-order valence-corrected chi connectivity index (χ1v) is 5.39. The third-order valence-corrected chi connectivity index (χ3v) is 2.68. The molecular weight excluding hydrogens is 200 g/mol. The van der Waals surface area contributed by atoms with E-state index in [-0.39, 0.29) is 0 Å². The number of likely N-dealkylation sites (N-methyl/N-ethyl adjacent to an activating group) is 1. The Kier molecular flexibility index (Phi) is 3.19. The van der Waals surface area contributed by atoms with Crippen LogP contribution >= 0.6 is 0 Å². The number of nitrogens with one attached hydrogen (secondary N) is 1. The van der Waals surface area contributed by atoms with Gasteiger partial charge in [-0.3, -0.25) is 0 Å². The van der Waals surface area contributed by atoms with Gasteiger partial charge in [0, 0.05) is 25.2 Å². The van der Waals surface area contributed by atoms with Crippen molar-refractivity contribution < 1.29 is 0 Å². The second-order valence-electron chi connectivity index (χ2n) is 4.01. The highest BCUT2D eigenvalue weighted by atomic mass is 15.3. The Morgan fingerprint density at radius 3 is 2.69 bits per heavy atom. The average Bonchev–Trinajstić information content (AvgIpc) is 2.83. The Morgan fingerprint density at radius 2 is 2.06 bits per heavy atom. The largest absolute Gasteiger partial charge is 0.374 e. The maximum Gasteiger partial charge on any atom is 0.0870 e. The minimum Gasteiger partial charge on any atom is -0.374 e. The Morgan fingerprint density at radius 1 is 1.31 bits per heavy atom. The standard InChI is InChI=1S/C12H16N4/c1-10(12-8-13-15-14-12)9-16(2)11-6-4-3-5-7-11/h3-8,10H,9H2,1-2H3,(H,13,14,15). The molecule has 0 bridgehead atoms. The zero-order valence-electron chi connectivity index (χ0n) is 9.59. The average molecular weight is 216 g/mol. The minimum atomic E-state index is 0.365. The number of aromatic amines is 1. The van der Waals surface area contributed by atoms with Gasteiger partial charge in [0.15, 0.2) is 0 Å². The van der Waals surface area contributed by atoms with E-state index in [9.17, 15) is 0 Å². The number of anilines is 1. The summed E-state index contributed by atoms with van der Waals surface area (Å²) >= 11 is 0. The molecule has 16 heavy (non-hydrogen) atoms. The highest BCUT2D eigenvalue weighted by molar-refractivity contribution is 5.45. The van der Waals surface area contributed by atoms with Gasteiger partial charge in [0.2, 0.25) is 0 Å². The molecule has 0 amide bonds. The van der Waals surface area contributed by atoms with E-state index in [0.717, 1.165) is 12.2 Å². The van der Waals surface area contributed by atoms with E-state index in [1.54, 1.807) is 6.20 Å². The van der Waals surface area contributed by atoms with Crippen molar-refractivity contribution in [2.75, 3.05) is 18.5 Å². The molecule has 0 spiro atoms. The van der Waals surface area contributed by atoms with Crippen LogP contribution < -0.4 is 4.90 Å². The monoisotopic (exact) mass is 216 g/mol. The number of aromatic nitrogens is 3. The predicted octanol–water partition coefficient (Wildman–Crippen LogP) is 2.04. The molecular formula is C12H16N4. The van der Waals surface area contributed by atoms with Gasteiger partial charge < -0.3 is 4.90 Å². The second-order valence-corrected chi connectivity index (χ2v) is 4.01. The zero-order valence-corrected chi connectivity index (χ0v) is 9.59. The van der Waals surface area contributed by atoms with Gasteiger partial charge in [0.25, 0.3) is 0 Å². The van der Waals surface area contributed by atoms with Gasteiger partial charge in [-0.2, -0.15) is 15.4 Å². The van der Waals surface area contributed by atoms with Crippen molar-refractivity contribution in [2.45, 2.75) is 12.8 Å². The van der Waals surface area contributed by atoms with E-state index in [2.05, 4.69) is 46.4 Å². The summed E-state index contributed by atoms with van der Waals surface area (Å²) in [5.41, 5.74) is 2.22. The lowest BCUT2D eigenvalue weighted by atomic mass is 10.1. The topological polar surface area (TPSA) is 44.8 Å². The van der Waals surface area contributed by atoms with Crippen molar-refractivity contribution in [3.8, 4) is 0 Å². The van der Waals surface area contributed by atoms with E-state index in [0.29, 0.717) is 5.92 Å². The number of nitrogens with zero attached hydrogens (tertiary/aromatic N) is 3. The summed E-state index contributed by atoms with van der Waals surface area (Å²) < 4.78 is 0. The van der Waals surface area contributed by atoms with Crippen LogP contribution in [0.5, 0.6) is 0 Å². The molecule has 0 aliphatic rings. The van der Waals surface area contributed by atoms with Crippen LogP contribution in [0.2, 0.25) is 0 Å². The Bertz CT molecular complexity index is 410. The highest BCUT2D eigenvalue weighted by Gasteiger charge is 2.11. The molecule has 2 rings (SSSR count). The normalized spacial score (nSPS) is 12.4. The number of para-hydroxylation sites is 1. The van der Waals surface area contributed by atoms with Crippen LogP contribution in [0.25, 0.3) is 0 Å². The number of benzene rings is 1. The second kappa shape index (κ2) is 4.79. The molecule has 1 atom stereocenters. The molecule has 0 aliphatic heterocycles. The number of H-pyrrole nitrogens is 1. The first-order chi connectivity index (χ1) is 7.77. The highest BCUT2D eigenvalue weighted by Crippen LogP contribution is 2.17. The molecule has 0 saturated carbocycles. The number of hydrogen-bond donors (Lipinski definition) is 1. The molecule has 0 fully saturated rings. The van der Waals surface area contributed by atoms with Crippen molar-refractivity contribution in [3.63, 3.8) is 0 Å². The van der Waals surface area contributed by atoms with Gasteiger partial charge in [-0.05, 0) is 12.1 Å². The van der Waals surface area contributed by atoms with Crippen LogP contribution in [0.4, 0.5) is 5.69 Å². The molecule has 4 nitrogen and oxygen atoms in total. The summed E-state index contributed by atoms with van der Waals surface area (Å²) in [5, 5.41) is 10.6. The fourth-order valence-electron chi connectivity index (χ4n) is 1.74. The third-order valence-electron chi connectivity index (χ3n) is 2.68. The van der Waals surface area contributed by atoms with Gasteiger partial charge in [0.05, 0.1) is 11.9 Å². The fourth-order valence-corrected chi connectivity index (χ4v) is 1.74. The van der Waals surface area contributed by atoms with E-state index >= 15 is 0 Å². The summed E-state index contributed by atoms with van der Waals surface area (Å²) in [6.07, 6.45) is 1.78. The molecule has 2 aromatic rings. The van der Waals surface area contributed by atoms with Crippen LogP contribution in [0.1, 0.15) is 18.5 Å². The van der Waals surface area contributed by atoms with E-state index in [1.807, 2.05) is 18.2 Å². The van der Waals surface area contributed by atoms with Crippen LogP contribution in [0, 0.1) is 0 Å². The molecule has 0 saturated heterocycles. The van der Waals surface area contributed by atoms with Crippen LogP contribution in [-0.4, -0.2) is 29.0 Å². The first-order valence-electron chi connectivity index (χ1n) is 5.39. The van der Waals surface area contributed by atoms with Gasteiger partial charge in [-0.25, -0.2) is 0 Å². The Hall–Kier alpha value is -1.84. The Labute approximate surface area is 95.3 Å². The van der Waals surface area contributed by atoms with E-state index in [4.69, 9.17) is 0 Å². The third kappa shape index (κ3) is 2.39. The van der Waals surface area contributed by atoms with Gasteiger partial charge in [0.1, 0.15) is 0 Å². The molecule has 84 valence electrons. The molecule has 1 aromatic heterocycles. The molecule has 1 aromatic carbocycles. The van der Waals surface area contributed by atoms with Gasteiger partial charge in [-0.1, -0.05) is 25.1 Å². The molecule has 1 unspecified atom stereocenters. The lowest BCUT2D eigenvalue weighted by Crippen LogP contribution is -2.22. The summed E-state index contributed by atoms with van der Waals surface area (Å²) in [7, 11) is 2.09. The summed E-state index contributed by atoms with van der Waals surface area (Å²) in [6, 6.07) is 10.3. The number of rotatable bonds is 4. The fraction of sp³-hybridized carbons (Fsp3) is 0.333. The lowest BCUT2D eigenvalue weighted by Gasteiger charge is -2.22. The summed E-state index contributed by atoms with van der Waals surface area (Å²) in [4.78, 5) is 2.22. The van der Waals surface area contributed by atoms with Crippen molar-refractivity contribution in [2.24, 2.45) is 0 Å². The van der Waals surface area contributed by atoms with Crippen molar-refractivity contribution in [1.29, 1.82) is 0 Å². The van der Waals surface area contributed by atoms with Crippen LogP contribution in [-0.2, 0) is 0 Å². The SMILES string of the molecule is CC(CN(C)c1ccccc1)c1cn[nH]n1. The molecule has 0 aliphatic carbocycles. The minimum absolute atomic E-state index is 0.365. The van der Waals surface area contributed by atoms with E-state index < -0.39 is 0 Å². The summed E-state index contributed by atoms with van der Waals surface area (Å²) in [6.45, 7) is 3.08. The molecule has 0 radical (unpaired) electrons. The van der Waals surface area contributed by atoms with Crippen molar-refractivity contribution in [1.82, 2.24) is 15.4 Å². The summed E-state index contributed by atoms with van der Waals surface area (Å²) in [5.74, 6) is 0.365. The lowest BCUT2D eigenvalue weighted by molar-refractivity contribution is 0.707. The van der Waals surface area contributed by atoms with Crippen LogP contribution in [0.15, 0.2) is 36.5 Å². The zero-order chi connectivity index (χ0) is 11.4.